The second kappa shape index (κ2) is 7.30. The van der Waals surface area contributed by atoms with Gasteiger partial charge in [0.15, 0.2) is 0 Å². The van der Waals surface area contributed by atoms with E-state index in [1.165, 1.54) is 6.07 Å². The average Bonchev–Trinajstić information content (AvgIpc) is 3.04. The summed E-state index contributed by atoms with van der Waals surface area (Å²) in [6, 6.07) is 16.7. The predicted octanol–water partition coefficient (Wildman–Crippen LogP) is 4.42. The zero-order chi connectivity index (χ0) is 22.5. The molecule has 0 saturated heterocycles. The van der Waals surface area contributed by atoms with Gasteiger partial charge in [0.1, 0.15) is 5.75 Å². The molecular formula is C25H22N4O3. The number of nitrogens with one attached hydrogen (secondary N) is 1. The van der Waals surface area contributed by atoms with E-state index in [4.69, 9.17) is 4.74 Å². The minimum atomic E-state index is -0.326. The summed E-state index contributed by atoms with van der Waals surface area (Å²) in [6.07, 6.45) is 1.71. The lowest BCUT2D eigenvalue weighted by Crippen LogP contribution is -2.31. The van der Waals surface area contributed by atoms with Crippen LogP contribution in [0.5, 0.6) is 11.8 Å². The maximum absolute atomic E-state index is 12.3. The van der Waals surface area contributed by atoms with Crippen molar-refractivity contribution in [3.8, 4) is 23.0 Å². The van der Waals surface area contributed by atoms with Crippen LogP contribution in [0.25, 0.3) is 22.2 Å². The molecule has 5 rings (SSSR count). The van der Waals surface area contributed by atoms with Gasteiger partial charge >= 0.3 is 6.01 Å². The number of hydrogen-bond acceptors (Lipinski definition) is 5. The molecule has 160 valence electrons. The van der Waals surface area contributed by atoms with Crippen LogP contribution in [0.15, 0.2) is 65.6 Å². The van der Waals surface area contributed by atoms with Gasteiger partial charge < -0.3 is 9.64 Å². The summed E-state index contributed by atoms with van der Waals surface area (Å²) >= 11 is 0. The van der Waals surface area contributed by atoms with E-state index in [1.54, 1.807) is 30.2 Å². The molecule has 0 atom stereocenters. The first kappa shape index (κ1) is 19.9. The zero-order valence-corrected chi connectivity index (χ0v) is 18.0. The molecule has 2 aromatic heterocycles. The lowest BCUT2D eigenvalue weighted by molar-refractivity contribution is -0.116. The Bertz CT molecular complexity index is 1420. The first-order chi connectivity index (χ1) is 15.3. The van der Waals surface area contributed by atoms with Crippen LogP contribution in [0.4, 0.5) is 5.69 Å². The van der Waals surface area contributed by atoms with Crippen molar-refractivity contribution in [3.63, 3.8) is 0 Å². The number of aromatic amines is 1. The van der Waals surface area contributed by atoms with Crippen LogP contribution in [0.1, 0.15) is 26.3 Å². The zero-order valence-electron chi connectivity index (χ0n) is 18.0. The second-order valence-corrected chi connectivity index (χ2v) is 8.62. The molecule has 1 N–H and O–H groups in total. The van der Waals surface area contributed by atoms with E-state index in [0.29, 0.717) is 18.0 Å². The maximum atomic E-state index is 12.3. The minimum Gasteiger partial charge on any atom is -0.425 e. The van der Waals surface area contributed by atoms with Gasteiger partial charge in [-0.25, -0.2) is 0 Å². The Hall–Kier alpha value is -4.00. The summed E-state index contributed by atoms with van der Waals surface area (Å²) in [7, 11) is 0. The molecule has 1 aliphatic rings. The molecule has 0 spiro atoms. The van der Waals surface area contributed by atoms with Crippen LogP contribution < -0.4 is 15.2 Å². The van der Waals surface area contributed by atoms with Gasteiger partial charge in [-0.3, -0.25) is 19.6 Å². The van der Waals surface area contributed by atoms with Crippen LogP contribution in [-0.4, -0.2) is 27.4 Å². The first-order valence-corrected chi connectivity index (χ1v) is 10.4. The van der Waals surface area contributed by atoms with Crippen LogP contribution in [0.3, 0.4) is 0 Å². The molecule has 7 nitrogen and oxygen atoms in total. The lowest BCUT2D eigenvalue weighted by atomic mass is 9.86. The summed E-state index contributed by atoms with van der Waals surface area (Å²) in [5.41, 5.74) is 3.48. The summed E-state index contributed by atoms with van der Waals surface area (Å²) in [6.45, 7) is 6.41. The number of fused-ring (bicyclic) bond motifs is 2. The molecule has 1 aliphatic heterocycles. The van der Waals surface area contributed by atoms with Crippen molar-refractivity contribution in [2.75, 3.05) is 11.4 Å². The van der Waals surface area contributed by atoms with Gasteiger partial charge in [0, 0.05) is 53.9 Å². The number of H-pyrrole nitrogens is 1. The molecule has 32 heavy (non-hydrogen) atoms. The van der Waals surface area contributed by atoms with E-state index in [0.717, 1.165) is 27.7 Å². The molecule has 0 bridgehead atoms. The fraction of sp³-hybridized carbons (Fsp3) is 0.200. The number of carbonyl (C=O) groups is 1. The minimum absolute atomic E-state index is 0.0122. The van der Waals surface area contributed by atoms with Gasteiger partial charge in [0.2, 0.25) is 5.91 Å². The third-order valence-corrected chi connectivity index (χ3v) is 5.76. The van der Waals surface area contributed by atoms with E-state index in [9.17, 15) is 9.59 Å². The number of pyridine rings is 1. The molecule has 0 fully saturated rings. The van der Waals surface area contributed by atoms with E-state index < -0.39 is 0 Å². The molecule has 2 aromatic carbocycles. The number of rotatable bonds is 3. The van der Waals surface area contributed by atoms with Gasteiger partial charge in [-0.1, -0.05) is 32.0 Å². The Morgan fingerprint density at radius 3 is 2.78 bits per heavy atom. The van der Waals surface area contributed by atoms with Crippen LogP contribution in [-0.2, 0) is 10.2 Å². The third-order valence-electron chi connectivity index (χ3n) is 5.76. The average molecular weight is 426 g/mol. The van der Waals surface area contributed by atoms with Gasteiger partial charge in [-0.05, 0) is 29.8 Å². The third kappa shape index (κ3) is 3.51. The fourth-order valence-electron chi connectivity index (χ4n) is 4.19. The summed E-state index contributed by atoms with van der Waals surface area (Å²) in [5, 5.41) is 0.992. The van der Waals surface area contributed by atoms with E-state index >= 15 is 0 Å². The number of amides is 1. The highest BCUT2D eigenvalue weighted by atomic mass is 16.5. The molecule has 0 unspecified atom stereocenters. The first-order valence-electron chi connectivity index (χ1n) is 10.4. The van der Waals surface area contributed by atoms with Crippen LogP contribution in [0, 0.1) is 0 Å². The second-order valence-electron chi connectivity index (χ2n) is 8.62. The predicted molar refractivity (Wildman–Crippen MR) is 123 cm³/mol. The molecule has 0 aliphatic carbocycles. The van der Waals surface area contributed by atoms with Gasteiger partial charge in [0.25, 0.3) is 5.56 Å². The van der Waals surface area contributed by atoms with Gasteiger partial charge in [-0.15, -0.1) is 0 Å². The van der Waals surface area contributed by atoms with E-state index in [2.05, 4.69) is 28.8 Å². The fourth-order valence-corrected chi connectivity index (χ4v) is 4.19. The Labute approximate surface area is 184 Å². The van der Waals surface area contributed by atoms with Crippen molar-refractivity contribution in [3.05, 3.63) is 76.7 Å². The number of carbonyl (C=O) groups excluding carboxylic acids is 1. The number of hydrogen-bond donors (Lipinski definition) is 1. The SMILES string of the molecule is CC(=O)N1CC(C)(C)c2ccc(-c3cc(=O)[nH]c(Oc4ccc5cccnc5c4)n3)cc21. The lowest BCUT2D eigenvalue weighted by Gasteiger charge is -2.19. The van der Waals surface area contributed by atoms with Crippen molar-refractivity contribution >= 4 is 22.5 Å². The molecule has 7 heteroatoms. The highest BCUT2D eigenvalue weighted by Gasteiger charge is 2.37. The van der Waals surface area contributed by atoms with Crippen molar-refractivity contribution in [2.45, 2.75) is 26.2 Å². The highest BCUT2D eigenvalue weighted by Crippen LogP contribution is 2.42. The van der Waals surface area contributed by atoms with Gasteiger partial charge in [-0.2, -0.15) is 4.98 Å². The van der Waals surface area contributed by atoms with Crippen molar-refractivity contribution < 1.29 is 9.53 Å². The van der Waals surface area contributed by atoms with E-state index in [1.807, 2.05) is 36.4 Å². The summed E-state index contributed by atoms with van der Waals surface area (Å²) < 4.78 is 5.84. The number of nitrogens with zero attached hydrogens (tertiary/aromatic N) is 3. The van der Waals surface area contributed by atoms with Crippen molar-refractivity contribution in [1.82, 2.24) is 15.0 Å². The molecule has 0 saturated carbocycles. The largest absolute Gasteiger partial charge is 0.425 e. The van der Waals surface area contributed by atoms with Crippen molar-refractivity contribution in [1.29, 1.82) is 0 Å². The number of benzene rings is 2. The Morgan fingerprint density at radius 1 is 1.12 bits per heavy atom. The number of aromatic nitrogens is 3. The molecular weight excluding hydrogens is 404 g/mol. The Morgan fingerprint density at radius 2 is 1.97 bits per heavy atom. The Balaban J connectivity index is 1.52. The summed E-state index contributed by atoms with van der Waals surface area (Å²) in [4.78, 5) is 37.8. The smallest absolute Gasteiger partial charge is 0.302 e. The maximum Gasteiger partial charge on any atom is 0.302 e. The monoisotopic (exact) mass is 426 g/mol. The van der Waals surface area contributed by atoms with Crippen molar-refractivity contribution in [2.24, 2.45) is 0 Å². The van der Waals surface area contributed by atoms with Crippen LogP contribution in [0.2, 0.25) is 0 Å². The number of anilines is 1. The molecule has 3 heterocycles. The highest BCUT2D eigenvalue weighted by molar-refractivity contribution is 5.95. The molecule has 0 radical (unpaired) electrons. The van der Waals surface area contributed by atoms with Crippen LogP contribution >= 0.6 is 0 Å². The standard InChI is InChI=1S/C25H22N4O3/c1-15(30)29-14-25(2,3)19-9-7-17(11-22(19)29)21-13-23(31)28-24(27-21)32-18-8-6-16-5-4-10-26-20(16)12-18/h4-13H,14H2,1-3H3,(H,27,28,31). The molecule has 4 aromatic rings. The summed E-state index contributed by atoms with van der Waals surface area (Å²) in [5.74, 6) is 0.511. The number of ether oxygens (including phenoxy) is 1. The topological polar surface area (TPSA) is 88.2 Å². The normalized spacial score (nSPS) is 14.4. The van der Waals surface area contributed by atoms with E-state index in [-0.39, 0.29) is 22.9 Å². The molecule has 1 amide bonds. The van der Waals surface area contributed by atoms with Gasteiger partial charge in [0.05, 0.1) is 11.2 Å². The quantitative estimate of drug-likeness (QED) is 0.524. The Kier molecular flexibility index (Phi) is 4.55.